The summed E-state index contributed by atoms with van der Waals surface area (Å²) in [5.41, 5.74) is 2.90. The molecule has 0 saturated carbocycles. The van der Waals surface area contributed by atoms with Crippen LogP contribution in [0.1, 0.15) is 134 Å². The van der Waals surface area contributed by atoms with Gasteiger partial charge in [0.05, 0.1) is 11.8 Å². The average Bonchev–Trinajstić information content (AvgIpc) is 3.41. The zero-order valence-corrected chi connectivity index (χ0v) is 40.0. The molecule has 360 valence electrons. The van der Waals surface area contributed by atoms with Gasteiger partial charge in [0.15, 0.2) is 0 Å². The van der Waals surface area contributed by atoms with Crippen LogP contribution < -0.4 is 21.7 Å². The number of alkyl halides is 2. The van der Waals surface area contributed by atoms with Crippen LogP contribution in [0.5, 0.6) is 0 Å². The molecule has 0 aromatic carbocycles. The molecule has 2 atom stereocenters. The Bertz CT molecular complexity index is 1410. The van der Waals surface area contributed by atoms with Crippen LogP contribution in [-0.2, 0) is 52.4 Å². The highest BCUT2D eigenvalue weighted by Crippen LogP contribution is 2.16. The Morgan fingerprint density at radius 1 is 0.597 bits per heavy atom. The topological polar surface area (TPSA) is 267 Å². The van der Waals surface area contributed by atoms with Gasteiger partial charge in [0.2, 0.25) is 0 Å². The van der Waals surface area contributed by atoms with Crippen molar-refractivity contribution in [3.05, 3.63) is 0 Å². The lowest BCUT2D eigenvalue weighted by Gasteiger charge is -2.26. The van der Waals surface area contributed by atoms with Gasteiger partial charge >= 0.3 is 36.4 Å². The van der Waals surface area contributed by atoms with Crippen LogP contribution >= 0.6 is 23.2 Å². The van der Waals surface area contributed by atoms with E-state index in [0.717, 1.165) is 12.8 Å². The van der Waals surface area contributed by atoms with E-state index in [-0.39, 0.29) is 37.8 Å². The summed E-state index contributed by atoms with van der Waals surface area (Å²) >= 11 is 10.7. The number of hydroxylamine groups is 2. The minimum absolute atomic E-state index is 0.0311. The van der Waals surface area contributed by atoms with Crippen molar-refractivity contribution in [3.63, 3.8) is 0 Å². The van der Waals surface area contributed by atoms with Gasteiger partial charge in [0, 0.05) is 19.4 Å². The molecule has 0 spiro atoms. The van der Waals surface area contributed by atoms with E-state index in [1.807, 2.05) is 0 Å². The highest BCUT2D eigenvalue weighted by atomic mass is 35.5. The number of alkyl carbamates (subject to hydrolysis) is 3. The first kappa shape index (κ1) is 59.8. The van der Waals surface area contributed by atoms with Gasteiger partial charge in [-0.15, -0.1) is 23.2 Å². The Morgan fingerprint density at radius 2 is 0.984 bits per heavy atom. The molecule has 1 heterocycles. The second-order valence-electron chi connectivity index (χ2n) is 17.5. The third-order valence-corrected chi connectivity index (χ3v) is 6.99. The summed E-state index contributed by atoms with van der Waals surface area (Å²) in [7, 11) is 0. The van der Waals surface area contributed by atoms with E-state index in [9.17, 15) is 38.4 Å². The number of hydrogen-bond acceptors (Lipinski definition) is 16. The molecule has 20 nitrogen and oxygen atoms in total. The zero-order chi connectivity index (χ0) is 48.3. The predicted octanol–water partition coefficient (Wildman–Crippen LogP) is 6.15. The van der Waals surface area contributed by atoms with Crippen LogP contribution in [0.4, 0.5) is 19.2 Å². The maximum Gasteiger partial charge on any atom is 0.533 e. The van der Waals surface area contributed by atoms with Crippen LogP contribution in [0.15, 0.2) is 0 Å². The van der Waals surface area contributed by atoms with E-state index in [0.29, 0.717) is 43.8 Å². The van der Waals surface area contributed by atoms with E-state index < -0.39 is 82.7 Å². The Balaban J connectivity index is 0. The van der Waals surface area contributed by atoms with Gasteiger partial charge in [-0.3, -0.25) is 14.4 Å². The number of nitrogens with two attached hydrogens (primary N) is 1. The summed E-state index contributed by atoms with van der Waals surface area (Å²) in [4.78, 5) is 96.6. The number of carbonyl (C=O) groups excluding carboxylic acids is 8. The van der Waals surface area contributed by atoms with E-state index in [4.69, 9.17) is 52.6 Å². The van der Waals surface area contributed by atoms with E-state index in [1.165, 1.54) is 0 Å². The van der Waals surface area contributed by atoms with Crippen molar-refractivity contribution in [2.24, 2.45) is 5.73 Å². The van der Waals surface area contributed by atoms with Crippen molar-refractivity contribution in [2.45, 2.75) is 169 Å². The molecule has 22 heteroatoms. The first-order valence-electron chi connectivity index (χ1n) is 20.3. The summed E-state index contributed by atoms with van der Waals surface area (Å²) in [5.74, 6) is -1.71. The van der Waals surface area contributed by atoms with Crippen molar-refractivity contribution in [3.8, 4) is 0 Å². The summed E-state index contributed by atoms with van der Waals surface area (Å²) < 4.78 is 30.2. The van der Waals surface area contributed by atoms with Gasteiger partial charge in [-0.25, -0.2) is 28.8 Å². The first-order valence-corrected chi connectivity index (χ1v) is 21.4. The van der Waals surface area contributed by atoms with Crippen LogP contribution in [0.25, 0.3) is 0 Å². The number of ether oxygens (including phenoxy) is 6. The highest BCUT2D eigenvalue weighted by Gasteiger charge is 2.34. The van der Waals surface area contributed by atoms with Gasteiger partial charge in [-0.1, -0.05) is 5.06 Å². The number of imide groups is 1. The number of rotatable bonds is 18. The number of amides is 5. The molecule has 5 amide bonds. The summed E-state index contributed by atoms with van der Waals surface area (Å²) in [5, 5.41) is 8.14. The van der Waals surface area contributed by atoms with Gasteiger partial charge in [0.25, 0.3) is 11.8 Å². The number of nitrogens with zero attached hydrogens (tertiary/aromatic N) is 1. The number of esters is 2. The highest BCUT2D eigenvalue weighted by molar-refractivity contribution is 6.18. The molecule has 1 fully saturated rings. The average molecular weight is 933 g/mol. The SMILES string of the molecule is CC(C)(C)OC(=O)N[C@@H](CCCCN)C(=O)OC(C)(C)C.CC(C)(C)OC(=O)N[C@@H](CCCCNC(=O)OCCCl)C(=O)OC(C)(C)C.O=C(OCCCl)ON1C(=O)CCC1=O. The Kier molecular flexibility index (Phi) is 28.8. The fraction of sp³-hybridized carbons (Fsp3) is 0.800. The van der Waals surface area contributed by atoms with Gasteiger partial charge in [-0.05, 0) is 128 Å². The van der Waals surface area contributed by atoms with Gasteiger partial charge < -0.3 is 50.1 Å². The lowest BCUT2D eigenvalue weighted by atomic mass is 10.1. The van der Waals surface area contributed by atoms with Gasteiger partial charge in [-0.2, -0.15) is 0 Å². The Labute approximate surface area is 375 Å². The fourth-order valence-corrected chi connectivity index (χ4v) is 4.52. The molecule has 1 rings (SSSR count). The third kappa shape index (κ3) is 34.3. The summed E-state index contributed by atoms with van der Waals surface area (Å²) in [6.45, 7) is 22.2. The number of nitrogens with one attached hydrogen (secondary N) is 3. The second-order valence-corrected chi connectivity index (χ2v) is 18.2. The van der Waals surface area contributed by atoms with Crippen molar-refractivity contribution < 1.29 is 71.6 Å². The lowest BCUT2D eigenvalue weighted by Crippen LogP contribution is -2.46. The Hall–Kier alpha value is -4.30. The van der Waals surface area contributed by atoms with Crippen molar-refractivity contribution in [1.29, 1.82) is 0 Å². The molecule has 1 saturated heterocycles. The molecule has 0 aliphatic carbocycles. The lowest BCUT2D eigenvalue weighted by molar-refractivity contribution is -0.177. The smallest absolute Gasteiger partial charge is 0.458 e. The van der Waals surface area contributed by atoms with E-state index in [2.05, 4.69) is 25.5 Å². The molecule has 62 heavy (non-hydrogen) atoms. The molecular formula is C40H71Cl2N5O15. The first-order chi connectivity index (χ1) is 28.4. The Morgan fingerprint density at radius 3 is 1.35 bits per heavy atom. The minimum atomic E-state index is -1.10. The molecule has 0 aromatic heterocycles. The molecular weight excluding hydrogens is 861 g/mol. The van der Waals surface area contributed by atoms with Crippen molar-refractivity contribution >= 4 is 71.4 Å². The van der Waals surface area contributed by atoms with Crippen LogP contribution in [-0.4, -0.2) is 126 Å². The van der Waals surface area contributed by atoms with Crippen molar-refractivity contribution in [1.82, 2.24) is 21.0 Å². The molecule has 1 aliphatic rings. The summed E-state index contributed by atoms with van der Waals surface area (Å²) in [6.07, 6.45) is 0.709. The normalized spacial score (nSPS) is 13.7. The second kappa shape index (κ2) is 29.9. The number of unbranched alkanes of at least 4 members (excludes halogenated alkanes) is 2. The molecule has 0 bridgehead atoms. The summed E-state index contributed by atoms with van der Waals surface area (Å²) in [6, 6.07) is -1.55. The molecule has 5 N–H and O–H groups in total. The number of halogens is 2. The predicted molar refractivity (Wildman–Crippen MR) is 229 cm³/mol. The number of carbonyl (C=O) groups is 8. The van der Waals surface area contributed by atoms with Crippen molar-refractivity contribution in [2.75, 3.05) is 38.1 Å². The maximum atomic E-state index is 12.4. The standard InChI is InChI=1S/C18H33ClN2O6.C15H30N2O4.C7H8ClNO5/c1-17(2,3)26-14(22)13(21-16(24)27-18(4,5)6)9-7-8-11-20-15(23)25-12-10-19;1-14(2,3)20-12(18)11(9-7-8-10-16)17-13(19)21-15(4,5)6;8-3-4-13-7(12)14-9-5(10)1-2-6(9)11/h13H,7-12H2,1-6H3,(H,20,23)(H,21,24);11H,7-10,16H2,1-6H3,(H,17,19);1-4H2/t13-;11-;/m00./s1. The van der Waals surface area contributed by atoms with Gasteiger partial charge in [0.1, 0.15) is 47.7 Å². The van der Waals surface area contributed by atoms with Crippen LogP contribution in [0.3, 0.4) is 0 Å². The third-order valence-electron chi connectivity index (χ3n) is 6.68. The van der Waals surface area contributed by atoms with Crippen LogP contribution in [0, 0.1) is 0 Å². The number of hydrogen-bond donors (Lipinski definition) is 4. The van der Waals surface area contributed by atoms with E-state index >= 15 is 0 Å². The largest absolute Gasteiger partial charge is 0.533 e. The molecule has 1 aliphatic heterocycles. The monoisotopic (exact) mass is 931 g/mol. The molecule has 0 unspecified atom stereocenters. The molecule has 0 aromatic rings. The zero-order valence-electron chi connectivity index (χ0n) is 38.5. The van der Waals surface area contributed by atoms with Crippen LogP contribution in [0.2, 0.25) is 0 Å². The maximum absolute atomic E-state index is 12.4. The van der Waals surface area contributed by atoms with E-state index in [1.54, 1.807) is 83.1 Å². The fourth-order valence-electron chi connectivity index (χ4n) is 4.36. The quantitative estimate of drug-likeness (QED) is 0.0395. The molecule has 0 radical (unpaired) electrons. The minimum Gasteiger partial charge on any atom is -0.458 e.